The van der Waals surface area contributed by atoms with Crippen LogP contribution in [0.1, 0.15) is 25.3 Å². The van der Waals surface area contributed by atoms with Crippen LogP contribution in [-0.4, -0.2) is 24.0 Å². The number of nitrogens with two attached hydrogens (primary N) is 1. The zero-order valence-electron chi connectivity index (χ0n) is 10.7. The van der Waals surface area contributed by atoms with Crippen molar-refractivity contribution >= 4 is 11.6 Å². The smallest absolute Gasteiger partial charge is 0.125 e. The number of hydrogen-bond acceptors (Lipinski definition) is 2. The monoisotopic (exact) mass is 270 g/mol. The molecule has 18 heavy (non-hydrogen) atoms. The number of halogens is 2. The fourth-order valence-electron chi connectivity index (χ4n) is 2.61. The Bertz CT molecular complexity index is 391. The van der Waals surface area contributed by atoms with Gasteiger partial charge in [0, 0.05) is 24.2 Å². The van der Waals surface area contributed by atoms with Gasteiger partial charge in [0.1, 0.15) is 5.82 Å². The molecule has 0 spiro atoms. The van der Waals surface area contributed by atoms with Crippen molar-refractivity contribution in [1.29, 1.82) is 0 Å². The second-order valence-corrected chi connectivity index (χ2v) is 5.67. The van der Waals surface area contributed by atoms with E-state index < -0.39 is 0 Å². The van der Waals surface area contributed by atoms with Crippen molar-refractivity contribution in [3.05, 3.63) is 34.6 Å². The second-order valence-electron chi connectivity index (χ2n) is 5.24. The lowest BCUT2D eigenvalue weighted by Gasteiger charge is -2.37. The van der Waals surface area contributed by atoms with Crippen LogP contribution >= 0.6 is 11.6 Å². The average Bonchev–Trinajstić information content (AvgIpc) is 2.30. The summed E-state index contributed by atoms with van der Waals surface area (Å²) in [6.07, 6.45) is 2.35. The van der Waals surface area contributed by atoms with Crippen LogP contribution < -0.4 is 5.73 Å². The van der Waals surface area contributed by atoms with Crippen LogP contribution in [0.25, 0.3) is 0 Å². The van der Waals surface area contributed by atoms with E-state index in [0.717, 1.165) is 31.6 Å². The number of nitrogens with zero attached hydrogens (tertiary/aromatic N) is 1. The maximum absolute atomic E-state index is 13.3. The normalized spacial score (nSPS) is 25.3. The number of hydrogen-bond donors (Lipinski definition) is 1. The lowest BCUT2D eigenvalue weighted by Crippen LogP contribution is -2.43. The van der Waals surface area contributed by atoms with Crippen molar-refractivity contribution in [1.82, 2.24) is 4.90 Å². The van der Waals surface area contributed by atoms with E-state index in [1.54, 1.807) is 6.07 Å². The van der Waals surface area contributed by atoms with Crippen LogP contribution in [0.3, 0.4) is 0 Å². The summed E-state index contributed by atoms with van der Waals surface area (Å²) in [6.45, 7) is 4.68. The first-order valence-electron chi connectivity index (χ1n) is 6.47. The molecular weight excluding hydrogens is 251 g/mol. The summed E-state index contributed by atoms with van der Waals surface area (Å²) in [4.78, 5) is 2.37. The molecule has 0 saturated carbocycles. The minimum Gasteiger partial charge on any atom is -0.330 e. The molecule has 0 radical (unpaired) electrons. The molecule has 0 amide bonds. The van der Waals surface area contributed by atoms with Crippen LogP contribution in [0.4, 0.5) is 4.39 Å². The van der Waals surface area contributed by atoms with Crippen molar-refractivity contribution in [3.63, 3.8) is 0 Å². The minimum absolute atomic E-state index is 0.266. The van der Waals surface area contributed by atoms with Gasteiger partial charge in [-0.2, -0.15) is 0 Å². The molecule has 1 fully saturated rings. The molecule has 2 N–H and O–H groups in total. The van der Waals surface area contributed by atoms with Crippen molar-refractivity contribution in [2.75, 3.05) is 13.1 Å². The molecule has 100 valence electrons. The largest absolute Gasteiger partial charge is 0.330 e. The molecule has 2 nitrogen and oxygen atoms in total. The molecule has 1 aromatic carbocycles. The maximum atomic E-state index is 13.3. The highest BCUT2D eigenvalue weighted by Gasteiger charge is 2.24. The Balaban J connectivity index is 2.06. The summed E-state index contributed by atoms with van der Waals surface area (Å²) < 4.78 is 13.3. The van der Waals surface area contributed by atoms with Gasteiger partial charge >= 0.3 is 0 Å². The van der Waals surface area contributed by atoms with Crippen molar-refractivity contribution < 1.29 is 4.39 Å². The Labute approximate surface area is 113 Å². The highest BCUT2D eigenvalue weighted by atomic mass is 35.5. The zero-order chi connectivity index (χ0) is 13.1. The van der Waals surface area contributed by atoms with E-state index in [2.05, 4.69) is 11.8 Å². The summed E-state index contributed by atoms with van der Waals surface area (Å²) in [7, 11) is 0. The third kappa shape index (κ3) is 3.44. The van der Waals surface area contributed by atoms with Gasteiger partial charge in [-0.3, -0.25) is 4.90 Å². The van der Waals surface area contributed by atoms with Gasteiger partial charge < -0.3 is 5.73 Å². The van der Waals surface area contributed by atoms with E-state index in [1.165, 1.54) is 12.5 Å². The third-order valence-electron chi connectivity index (χ3n) is 3.75. The Kier molecular flexibility index (Phi) is 4.60. The predicted octanol–water partition coefficient (Wildman–Crippen LogP) is 3.04. The maximum Gasteiger partial charge on any atom is 0.125 e. The standard InChI is InChI=1S/C14H20ClFN2/c1-10-2-3-11(7-17)8-18(10)9-12-4-13(15)6-14(16)5-12/h4-6,10-11H,2-3,7-9,17H2,1H3. The van der Waals surface area contributed by atoms with Gasteiger partial charge in [-0.05, 0) is 56.0 Å². The van der Waals surface area contributed by atoms with E-state index >= 15 is 0 Å². The SMILES string of the molecule is CC1CCC(CN)CN1Cc1cc(F)cc(Cl)c1. The second kappa shape index (κ2) is 6.00. The van der Waals surface area contributed by atoms with E-state index in [9.17, 15) is 4.39 Å². The van der Waals surface area contributed by atoms with Gasteiger partial charge in [0.25, 0.3) is 0 Å². The number of piperidine rings is 1. The number of benzene rings is 1. The van der Waals surface area contributed by atoms with Crippen LogP contribution in [0.5, 0.6) is 0 Å². The Hall–Kier alpha value is -0.640. The molecule has 1 saturated heterocycles. The molecule has 1 aliphatic heterocycles. The Morgan fingerprint density at radius 2 is 2.17 bits per heavy atom. The van der Waals surface area contributed by atoms with E-state index in [4.69, 9.17) is 17.3 Å². The molecule has 2 atom stereocenters. The molecule has 1 aliphatic rings. The van der Waals surface area contributed by atoms with Gasteiger partial charge in [-0.1, -0.05) is 11.6 Å². The van der Waals surface area contributed by atoms with Crippen LogP contribution in [0.15, 0.2) is 18.2 Å². The topological polar surface area (TPSA) is 29.3 Å². The molecule has 1 heterocycles. The summed E-state index contributed by atoms with van der Waals surface area (Å²) in [6, 6.07) is 5.26. The highest BCUT2D eigenvalue weighted by Crippen LogP contribution is 2.24. The van der Waals surface area contributed by atoms with Gasteiger partial charge in [0.2, 0.25) is 0 Å². The molecule has 0 aromatic heterocycles. The average molecular weight is 271 g/mol. The van der Waals surface area contributed by atoms with Crippen molar-refractivity contribution in [2.24, 2.45) is 11.7 Å². The quantitative estimate of drug-likeness (QED) is 0.915. The molecule has 0 aliphatic carbocycles. The Morgan fingerprint density at radius 1 is 1.39 bits per heavy atom. The van der Waals surface area contributed by atoms with Gasteiger partial charge in [-0.25, -0.2) is 4.39 Å². The summed E-state index contributed by atoms with van der Waals surface area (Å²) in [5.74, 6) is 0.294. The first kappa shape index (κ1) is 13.8. The number of rotatable bonds is 3. The fraction of sp³-hybridized carbons (Fsp3) is 0.571. The van der Waals surface area contributed by atoms with Crippen LogP contribution in [0.2, 0.25) is 5.02 Å². The van der Waals surface area contributed by atoms with Crippen LogP contribution in [0, 0.1) is 11.7 Å². The minimum atomic E-state index is -0.266. The van der Waals surface area contributed by atoms with Gasteiger partial charge in [0.15, 0.2) is 0 Å². The first-order valence-corrected chi connectivity index (χ1v) is 6.85. The van der Waals surface area contributed by atoms with E-state index in [0.29, 0.717) is 17.0 Å². The summed E-state index contributed by atoms with van der Waals surface area (Å²) in [5.41, 5.74) is 6.68. The number of likely N-dealkylation sites (tertiary alicyclic amines) is 1. The summed E-state index contributed by atoms with van der Waals surface area (Å²) >= 11 is 5.88. The lowest BCUT2D eigenvalue weighted by atomic mass is 9.93. The Morgan fingerprint density at radius 3 is 2.83 bits per heavy atom. The third-order valence-corrected chi connectivity index (χ3v) is 3.97. The molecular formula is C14H20ClFN2. The van der Waals surface area contributed by atoms with Crippen molar-refractivity contribution in [2.45, 2.75) is 32.4 Å². The summed E-state index contributed by atoms with van der Waals surface area (Å²) in [5, 5.41) is 0.463. The molecule has 0 bridgehead atoms. The zero-order valence-corrected chi connectivity index (χ0v) is 11.5. The molecule has 4 heteroatoms. The first-order chi connectivity index (χ1) is 8.58. The van der Waals surface area contributed by atoms with Crippen molar-refractivity contribution in [3.8, 4) is 0 Å². The molecule has 1 aromatic rings. The molecule has 2 rings (SSSR count). The van der Waals surface area contributed by atoms with E-state index in [1.807, 2.05) is 6.07 Å². The predicted molar refractivity (Wildman–Crippen MR) is 73.1 cm³/mol. The lowest BCUT2D eigenvalue weighted by molar-refractivity contribution is 0.113. The fourth-order valence-corrected chi connectivity index (χ4v) is 2.86. The van der Waals surface area contributed by atoms with E-state index in [-0.39, 0.29) is 5.82 Å². The van der Waals surface area contributed by atoms with Gasteiger partial charge in [-0.15, -0.1) is 0 Å². The van der Waals surface area contributed by atoms with Crippen LogP contribution in [-0.2, 0) is 6.54 Å². The molecule has 2 unspecified atom stereocenters. The highest BCUT2D eigenvalue weighted by molar-refractivity contribution is 6.30. The van der Waals surface area contributed by atoms with Gasteiger partial charge in [0.05, 0.1) is 0 Å².